The highest BCUT2D eigenvalue weighted by Gasteiger charge is 2.16. The van der Waals surface area contributed by atoms with E-state index in [1.807, 2.05) is 35.2 Å². The molecule has 116 valence electrons. The molecule has 0 aliphatic carbocycles. The van der Waals surface area contributed by atoms with Crippen LogP contribution in [0.5, 0.6) is 11.5 Å². The van der Waals surface area contributed by atoms with Gasteiger partial charge in [-0.2, -0.15) is 0 Å². The molecule has 1 aromatic heterocycles. The summed E-state index contributed by atoms with van der Waals surface area (Å²) < 4.78 is 13.0. The van der Waals surface area contributed by atoms with Gasteiger partial charge < -0.3 is 19.4 Å². The third-order valence-electron chi connectivity index (χ3n) is 3.53. The summed E-state index contributed by atoms with van der Waals surface area (Å²) in [6.07, 6.45) is 3.77. The van der Waals surface area contributed by atoms with Crippen molar-refractivity contribution in [3.05, 3.63) is 42.2 Å². The number of fused-ring (bicyclic) bond motifs is 1. The first kappa shape index (κ1) is 14.5. The predicted octanol–water partition coefficient (Wildman–Crippen LogP) is 3.27. The molecule has 3 rings (SSSR count). The van der Waals surface area contributed by atoms with Crippen molar-refractivity contribution in [2.75, 3.05) is 18.5 Å². The van der Waals surface area contributed by atoms with Gasteiger partial charge in [0.1, 0.15) is 13.2 Å². The van der Waals surface area contributed by atoms with Gasteiger partial charge in [0.05, 0.1) is 5.56 Å². The Morgan fingerprint density at radius 2 is 1.86 bits per heavy atom. The lowest BCUT2D eigenvalue weighted by Gasteiger charge is -2.20. The van der Waals surface area contributed by atoms with Gasteiger partial charge in [0.15, 0.2) is 11.5 Å². The summed E-state index contributed by atoms with van der Waals surface area (Å²) in [5.41, 5.74) is 1.28. The number of rotatable bonds is 2. The fourth-order valence-electron chi connectivity index (χ4n) is 2.27. The largest absolute Gasteiger partial charge is 0.486 e. The second kappa shape index (κ2) is 5.40. The zero-order chi connectivity index (χ0) is 15.7. The van der Waals surface area contributed by atoms with Crippen molar-refractivity contribution in [3.8, 4) is 11.5 Å². The fourth-order valence-corrected chi connectivity index (χ4v) is 2.27. The molecule has 22 heavy (non-hydrogen) atoms. The molecule has 1 N–H and O–H groups in total. The van der Waals surface area contributed by atoms with E-state index in [-0.39, 0.29) is 11.4 Å². The summed E-state index contributed by atoms with van der Waals surface area (Å²) in [7, 11) is 0. The van der Waals surface area contributed by atoms with E-state index in [0.717, 1.165) is 0 Å². The highest BCUT2D eigenvalue weighted by molar-refractivity contribution is 6.04. The van der Waals surface area contributed by atoms with Crippen LogP contribution in [0.15, 0.2) is 36.7 Å². The molecule has 1 aliphatic heterocycles. The number of hydrogen-bond donors (Lipinski definition) is 1. The minimum atomic E-state index is -0.139. The lowest BCUT2D eigenvalue weighted by Crippen LogP contribution is -2.20. The van der Waals surface area contributed by atoms with E-state index in [0.29, 0.717) is 36.0 Å². The topological polar surface area (TPSA) is 52.5 Å². The maximum absolute atomic E-state index is 12.3. The quantitative estimate of drug-likeness (QED) is 0.926. The third-order valence-corrected chi connectivity index (χ3v) is 3.53. The smallest absolute Gasteiger partial charge is 0.257 e. The Morgan fingerprint density at radius 1 is 1.14 bits per heavy atom. The molecule has 5 nitrogen and oxygen atoms in total. The molecule has 2 heterocycles. The zero-order valence-electron chi connectivity index (χ0n) is 13.1. The van der Waals surface area contributed by atoms with Crippen LogP contribution < -0.4 is 14.8 Å². The van der Waals surface area contributed by atoms with Crippen molar-refractivity contribution in [3.63, 3.8) is 0 Å². The Labute approximate surface area is 129 Å². The number of ether oxygens (including phenoxy) is 2. The van der Waals surface area contributed by atoms with Gasteiger partial charge in [-0.3, -0.25) is 4.79 Å². The summed E-state index contributed by atoms with van der Waals surface area (Å²) in [5, 5.41) is 2.89. The van der Waals surface area contributed by atoms with E-state index in [4.69, 9.17) is 9.47 Å². The van der Waals surface area contributed by atoms with Gasteiger partial charge in [-0.25, -0.2) is 0 Å². The minimum Gasteiger partial charge on any atom is -0.486 e. The number of anilines is 1. The van der Waals surface area contributed by atoms with Crippen LogP contribution in [0.1, 0.15) is 31.1 Å². The molecule has 0 atom stereocenters. The van der Waals surface area contributed by atoms with Crippen LogP contribution in [0.4, 0.5) is 5.69 Å². The van der Waals surface area contributed by atoms with Gasteiger partial charge in [-0.05, 0) is 39.0 Å². The molecule has 1 aliphatic rings. The molecule has 1 amide bonds. The Morgan fingerprint density at radius 3 is 2.55 bits per heavy atom. The average Bonchev–Trinajstić information content (AvgIpc) is 2.97. The van der Waals surface area contributed by atoms with Crippen LogP contribution in [0.2, 0.25) is 0 Å². The first-order chi connectivity index (χ1) is 10.4. The number of benzene rings is 1. The van der Waals surface area contributed by atoms with E-state index in [2.05, 4.69) is 26.1 Å². The van der Waals surface area contributed by atoms with Gasteiger partial charge in [-0.1, -0.05) is 0 Å². The molecular formula is C17H20N2O3. The number of carbonyl (C=O) groups excluding carboxylic acids is 1. The molecule has 0 saturated carbocycles. The summed E-state index contributed by atoms with van der Waals surface area (Å²) in [6, 6.07) is 7.22. The first-order valence-electron chi connectivity index (χ1n) is 7.33. The van der Waals surface area contributed by atoms with Gasteiger partial charge >= 0.3 is 0 Å². The van der Waals surface area contributed by atoms with Gasteiger partial charge in [0, 0.05) is 29.7 Å². The molecule has 0 unspecified atom stereocenters. The maximum Gasteiger partial charge on any atom is 0.257 e. The second-order valence-electron chi connectivity index (χ2n) is 6.29. The van der Waals surface area contributed by atoms with Crippen molar-refractivity contribution in [1.82, 2.24) is 4.57 Å². The second-order valence-corrected chi connectivity index (χ2v) is 6.29. The molecular weight excluding hydrogens is 280 g/mol. The van der Waals surface area contributed by atoms with Crippen LogP contribution >= 0.6 is 0 Å². The van der Waals surface area contributed by atoms with Crippen molar-refractivity contribution in [2.45, 2.75) is 26.3 Å². The summed E-state index contributed by atoms with van der Waals surface area (Å²) in [4.78, 5) is 12.3. The molecule has 2 aromatic rings. The van der Waals surface area contributed by atoms with E-state index in [1.165, 1.54) is 0 Å². The van der Waals surface area contributed by atoms with E-state index in [9.17, 15) is 4.79 Å². The SMILES string of the molecule is CC(C)(C)n1ccc(C(=O)Nc2ccc3c(c2)OCCO3)c1. The lowest BCUT2D eigenvalue weighted by molar-refractivity contribution is 0.102. The number of hydrogen-bond acceptors (Lipinski definition) is 3. The van der Waals surface area contributed by atoms with Crippen molar-refractivity contribution < 1.29 is 14.3 Å². The van der Waals surface area contributed by atoms with Crippen molar-refractivity contribution >= 4 is 11.6 Å². The Bertz CT molecular complexity index is 698. The minimum absolute atomic E-state index is 0.0461. The van der Waals surface area contributed by atoms with Crippen LogP contribution in [0, 0.1) is 0 Å². The molecule has 1 aromatic carbocycles. The highest BCUT2D eigenvalue weighted by atomic mass is 16.6. The van der Waals surface area contributed by atoms with E-state index < -0.39 is 0 Å². The Hall–Kier alpha value is -2.43. The zero-order valence-corrected chi connectivity index (χ0v) is 13.1. The molecule has 5 heteroatoms. The van der Waals surface area contributed by atoms with Crippen LogP contribution in [-0.4, -0.2) is 23.7 Å². The summed E-state index contributed by atoms with van der Waals surface area (Å²) >= 11 is 0. The number of nitrogens with one attached hydrogen (secondary N) is 1. The normalized spacial score (nSPS) is 13.8. The van der Waals surface area contributed by atoms with E-state index in [1.54, 1.807) is 6.07 Å². The Kier molecular flexibility index (Phi) is 3.56. The standard InChI is InChI=1S/C17H20N2O3/c1-17(2,3)19-7-6-12(11-19)16(20)18-13-4-5-14-15(10-13)22-9-8-21-14/h4-7,10-11H,8-9H2,1-3H3,(H,18,20). The summed E-state index contributed by atoms with van der Waals surface area (Å²) in [5.74, 6) is 1.24. The average molecular weight is 300 g/mol. The summed E-state index contributed by atoms with van der Waals surface area (Å²) in [6.45, 7) is 7.36. The van der Waals surface area contributed by atoms with Gasteiger partial charge in [0.2, 0.25) is 0 Å². The van der Waals surface area contributed by atoms with Gasteiger partial charge in [0.25, 0.3) is 5.91 Å². The number of amides is 1. The molecule has 0 fully saturated rings. The first-order valence-corrected chi connectivity index (χ1v) is 7.33. The number of carbonyl (C=O) groups is 1. The molecule has 0 radical (unpaired) electrons. The van der Waals surface area contributed by atoms with Gasteiger partial charge in [-0.15, -0.1) is 0 Å². The highest BCUT2D eigenvalue weighted by Crippen LogP contribution is 2.32. The van der Waals surface area contributed by atoms with Crippen molar-refractivity contribution in [1.29, 1.82) is 0 Å². The predicted molar refractivity (Wildman–Crippen MR) is 84.8 cm³/mol. The van der Waals surface area contributed by atoms with Crippen molar-refractivity contribution in [2.24, 2.45) is 0 Å². The molecule has 0 saturated heterocycles. The lowest BCUT2D eigenvalue weighted by atomic mass is 10.1. The fraction of sp³-hybridized carbons (Fsp3) is 0.353. The van der Waals surface area contributed by atoms with Crippen LogP contribution in [0.3, 0.4) is 0 Å². The maximum atomic E-state index is 12.3. The monoisotopic (exact) mass is 300 g/mol. The van der Waals surface area contributed by atoms with Crippen LogP contribution in [0.25, 0.3) is 0 Å². The Balaban J connectivity index is 1.75. The number of nitrogens with zero attached hydrogens (tertiary/aromatic N) is 1. The third kappa shape index (κ3) is 2.93. The molecule has 0 bridgehead atoms. The molecule has 0 spiro atoms. The van der Waals surface area contributed by atoms with E-state index >= 15 is 0 Å². The van der Waals surface area contributed by atoms with Crippen LogP contribution in [-0.2, 0) is 5.54 Å². The number of aromatic nitrogens is 1.